The highest BCUT2D eigenvalue weighted by atomic mass is 16.6. The average molecular weight is 316 g/mol. The highest BCUT2D eigenvalue weighted by Crippen LogP contribution is 2.26. The van der Waals surface area contributed by atoms with Crippen molar-refractivity contribution in [2.75, 3.05) is 7.11 Å². The van der Waals surface area contributed by atoms with Crippen LogP contribution in [0.25, 0.3) is 0 Å². The van der Waals surface area contributed by atoms with E-state index in [9.17, 15) is 15.2 Å². The summed E-state index contributed by atoms with van der Waals surface area (Å²) in [6, 6.07) is 11.0. The SMILES string of the molecule is COc1ccc(/C(C)=N\OCc2ccc([N+](=O)[O-])cc2)cc1O. The molecule has 0 spiro atoms. The molecule has 2 rings (SSSR count). The highest BCUT2D eigenvalue weighted by Gasteiger charge is 2.06. The van der Waals surface area contributed by atoms with Crippen LogP contribution in [0.1, 0.15) is 18.1 Å². The van der Waals surface area contributed by atoms with Crippen LogP contribution in [-0.4, -0.2) is 22.9 Å². The number of hydrogen-bond acceptors (Lipinski definition) is 6. The molecule has 0 aliphatic heterocycles. The molecule has 0 amide bonds. The lowest BCUT2D eigenvalue weighted by Crippen LogP contribution is -1.97. The van der Waals surface area contributed by atoms with Crippen molar-refractivity contribution in [1.82, 2.24) is 0 Å². The standard InChI is InChI=1S/C16H16N2O5/c1-11(13-5-8-16(22-2)15(19)9-13)17-23-10-12-3-6-14(7-4-12)18(20)21/h3-9,19H,10H2,1-2H3/b17-11-. The molecule has 0 radical (unpaired) electrons. The van der Waals surface area contributed by atoms with Crippen LogP contribution in [0.5, 0.6) is 11.5 Å². The third kappa shape index (κ3) is 4.19. The number of phenols is 1. The van der Waals surface area contributed by atoms with Gasteiger partial charge in [0.1, 0.15) is 6.61 Å². The highest BCUT2D eigenvalue weighted by molar-refractivity contribution is 5.98. The van der Waals surface area contributed by atoms with Crippen LogP contribution in [0.15, 0.2) is 47.6 Å². The summed E-state index contributed by atoms with van der Waals surface area (Å²) in [5.74, 6) is 0.406. The van der Waals surface area contributed by atoms with Gasteiger partial charge in [-0.3, -0.25) is 10.1 Å². The Hall–Kier alpha value is -3.09. The van der Waals surface area contributed by atoms with Gasteiger partial charge in [-0.1, -0.05) is 5.16 Å². The molecule has 2 aromatic rings. The van der Waals surface area contributed by atoms with Crippen molar-refractivity contribution in [3.63, 3.8) is 0 Å². The summed E-state index contributed by atoms with van der Waals surface area (Å²) in [4.78, 5) is 15.4. The van der Waals surface area contributed by atoms with Crippen LogP contribution in [0.4, 0.5) is 5.69 Å². The molecule has 7 heteroatoms. The van der Waals surface area contributed by atoms with Gasteiger partial charge in [0.05, 0.1) is 17.7 Å². The Morgan fingerprint density at radius 3 is 2.52 bits per heavy atom. The number of ether oxygens (including phenoxy) is 1. The summed E-state index contributed by atoms with van der Waals surface area (Å²) in [7, 11) is 1.48. The number of nitro groups is 1. The summed E-state index contributed by atoms with van der Waals surface area (Å²) in [6.07, 6.45) is 0. The third-order valence-electron chi connectivity index (χ3n) is 3.18. The van der Waals surface area contributed by atoms with E-state index in [0.717, 1.165) is 5.56 Å². The molecule has 0 unspecified atom stereocenters. The Morgan fingerprint density at radius 2 is 1.96 bits per heavy atom. The molecular formula is C16H16N2O5. The number of phenolic OH excluding ortho intramolecular Hbond substituents is 1. The second-order valence-electron chi connectivity index (χ2n) is 4.76. The van der Waals surface area contributed by atoms with Crippen LogP contribution in [0, 0.1) is 10.1 Å². The van der Waals surface area contributed by atoms with E-state index in [1.165, 1.54) is 25.3 Å². The molecule has 1 N–H and O–H groups in total. The van der Waals surface area contributed by atoms with Crippen molar-refractivity contribution in [3.05, 3.63) is 63.7 Å². The topological polar surface area (TPSA) is 94.2 Å². The Bertz CT molecular complexity index is 726. The van der Waals surface area contributed by atoms with E-state index in [4.69, 9.17) is 9.57 Å². The largest absolute Gasteiger partial charge is 0.504 e. The number of hydrogen-bond donors (Lipinski definition) is 1. The van der Waals surface area contributed by atoms with Crippen molar-refractivity contribution in [3.8, 4) is 11.5 Å². The van der Waals surface area contributed by atoms with Gasteiger partial charge in [0, 0.05) is 17.7 Å². The molecule has 0 aliphatic carbocycles. The van der Waals surface area contributed by atoms with E-state index in [-0.39, 0.29) is 18.0 Å². The van der Waals surface area contributed by atoms with E-state index < -0.39 is 4.92 Å². The first kappa shape index (κ1) is 16.3. The van der Waals surface area contributed by atoms with Gasteiger partial charge in [-0.05, 0) is 42.8 Å². The maximum absolute atomic E-state index is 10.6. The predicted molar refractivity (Wildman–Crippen MR) is 84.8 cm³/mol. The van der Waals surface area contributed by atoms with E-state index in [2.05, 4.69) is 5.16 Å². The maximum atomic E-state index is 10.6. The summed E-state index contributed by atoms with van der Waals surface area (Å²) >= 11 is 0. The lowest BCUT2D eigenvalue weighted by molar-refractivity contribution is -0.384. The number of nitrogens with zero attached hydrogens (tertiary/aromatic N) is 2. The van der Waals surface area contributed by atoms with E-state index >= 15 is 0 Å². The summed E-state index contributed by atoms with van der Waals surface area (Å²) in [5, 5.41) is 24.3. The minimum atomic E-state index is -0.455. The Labute approximate surface area is 132 Å². The molecule has 2 aromatic carbocycles. The van der Waals surface area contributed by atoms with Gasteiger partial charge in [-0.2, -0.15) is 0 Å². The molecule has 0 saturated carbocycles. The normalized spacial score (nSPS) is 11.1. The van der Waals surface area contributed by atoms with Gasteiger partial charge in [0.15, 0.2) is 11.5 Å². The number of methoxy groups -OCH3 is 1. The molecule has 7 nitrogen and oxygen atoms in total. The monoisotopic (exact) mass is 316 g/mol. The lowest BCUT2D eigenvalue weighted by Gasteiger charge is -2.06. The fourth-order valence-electron chi connectivity index (χ4n) is 1.89. The zero-order valence-electron chi connectivity index (χ0n) is 12.7. The maximum Gasteiger partial charge on any atom is 0.269 e. The van der Waals surface area contributed by atoms with Crippen LogP contribution in [-0.2, 0) is 11.4 Å². The minimum absolute atomic E-state index is 0.0231. The number of benzene rings is 2. The van der Waals surface area contributed by atoms with Crippen LogP contribution >= 0.6 is 0 Å². The van der Waals surface area contributed by atoms with Gasteiger partial charge in [0.25, 0.3) is 5.69 Å². The summed E-state index contributed by atoms with van der Waals surface area (Å²) in [6.45, 7) is 1.94. The molecule has 0 atom stereocenters. The Morgan fingerprint density at radius 1 is 1.26 bits per heavy atom. The van der Waals surface area contributed by atoms with E-state index in [0.29, 0.717) is 17.0 Å². The first-order valence-electron chi connectivity index (χ1n) is 6.78. The number of nitro benzene ring substituents is 1. The number of oxime groups is 1. The van der Waals surface area contributed by atoms with Crippen molar-refractivity contribution >= 4 is 11.4 Å². The second kappa shape index (κ2) is 7.26. The van der Waals surface area contributed by atoms with Crippen molar-refractivity contribution in [2.45, 2.75) is 13.5 Å². The smallest absolute Gasteiger partial charge is 0.269 e. The lowest BCUT2D eigenvalue weighted by atomic mass is 10.1. The van der Waals surface area contributed by atoms with Crippen molar-refractivity contribution in [1.29, 1.82) is 0 Å². The molecule has 0 aliphatic rings. The van der Waals surface area contributed by atoms with Crippen molar-refractivity contribution < 1.29 is 19.6 Å². The quantitative estimate of drug-likeness (QED) is 0.501. The van der Waals surface area contributed by atoms with E-state index in [1.807, 2.05) is 0 Å². The van der Waals surface area contributed by atoms with E-state index in [1.54, 1.807) is 31.2 Å². The van der Waals surface area contributed by atoms with Gasteiger partial charge in [-0.15, -0.1) is 0 Å². The molecular weight excluding hydrogens is 300 g/mol. The predicted octanol–water partition coefficient (Wildman–Crippen LogP) is 3.25. The fourth-order valence-corrected chi connectivity index (χ4v) is 1.89. The molecule has 0 bridgehead atoms. The molecule has 0 fully saturated rings. The number of non-ortho nitro benzene ring substituents is 1. The zero-order chi connectivity index (χ0) is 16.8. The first-order chi connectivity index (χ1) is 11.0. The van der Waals surface area contributed by atoms with Gasteiger partial charge < -0.3 is 14.7 Å². The molecule has 23 heavy (non-hydrogen) atoms. The Balaban J connectivity index is 1.99. The van der Waals surface area contributed by atoms with Gasteiger partial charge >= 0.3 is 0 Å². The van der Waals surface area contributed by atoms with Crippen LogP contribution < -0.4 is 4.74 Å². The number of rotatable bonds is 6. The third-order valence-corrected chi connectivity index (χ3v) is 3.18. The first-order valence-corrected chi connectivity index (χ1v) is 6.78. The molecule has 0 aromatic heterocycles. The van der Waals surface area contributed by atoms with Crippen molar-refractivity contribution in [2.24, 2.45) is 5.16 Å². The number of aromatic hydroxyl groups is 1. The molecule has 0 saturated heterocycles. The summed E-state index contributed by atoms with van der Waals surface area (Å²) < 4.78 is 4.98. The zero-order valence-corrected chi connectivity index (χ0v) is 12.7. The minimum Gasteiger partial charge on any atom is -0.504 e. The average Bonchev–Trinajstić information content (AvgIpc) is 2.55. The fraction of sp³-hybridized carbons (Fsp3) is 0.188. The van der Waals surface area contributed by atoms with Crippen LogP contribution in [0.2, 0.25) is 0 Å². The van der Waals surface area contributed by atoms with Gasteiger partial charge in [0.2, 0.25) is 0 Å². The van der Waals surface area contributed by atoms with Crippen LogP contribution in [0.3, 0.4) is 0 Å². The Kier molecular flexibility index (Phi) is 5.14. The van der Waals surface area contributed by atoms with Gasteiger partial charge in [-0.25, -0.2) is 0 Å². The molecule has 120 valence electrons. The molecule has 0 heterocycles. The second-order valence-corrected chi connectivity index (χ2v) is 4.76. The summed E-state index contributed by atoms with van der Waals surface area (Å²) in [5.41, 5.74) is 2.09.